The molecule has 0 spiro atoms. The summed E-state index contributed by atoms with van der Waals surface area (Å²) >= 11 is 0. The van der Waals surface area contributed by atoms with Crippen LogP contribution in [0.5, 0.6) is 5.75 Å². The van der Waals surface area contributed by atoms with Crippen LogP contribution in [0.2, 0.25) is 0 Å². The van der Waals surface area contributed by atoms with Gasteiger partial charge in [0.2, 0.25) is 0 Å². The fourth-order valence-electron chi connectivity index (χ4n) is 2.97. The van der Waals surface area contributed by atoms with Crippen molar-refractivity contribution in [3.8, 4) is 5.75 Å². The molecule has 1 fully saturated rings. The standard InChI is InChI=1S/C19H15F3O3/c1-11-16(12-7-9-13(10-8-12)19(20,21)22)17(25-18(11)23)14-5-3-4-6-15(14)24-2/h3-10,16-17H,1H2,2H3/t16-,17+/m0/s1. The summed E-state index contributed by atoms with van der Waals surface area (Å²) in [6.45, 7) is 3.76. The van der Waals surface area contributed by atoms with Crippen LogP contribution in [0.15, 0.2) is 60.7 Å². The van der Waals surface area contributed by atoms with Crippen LogP contribution in [0.4, 0.5) is 13.2 Å². The lowest BCUT2D eigenvalue weighted by molar-refractivity contribution is -0.139. The monoisotopic (exact) mass is 348 g/mol. The zero-order valence-electron chi connectivity index (χ0n) is 13.3. The highest BCUT2D eigenvalue weighted by molar-refractivity contribution is 5.92. The first-order chi connectivity index (χ1) is 11.8. The molecule has 2 atom stereocenters. The topological polar surface area (TPSA) is 35.5 Å². The van der Waals surface area contributed by atoms with Crippen molar-refractivity contribution in [1.82, 2.24) is 0 Å². The van der Waals surface area contributed by atoms with Crippen LogP contribution in [-0.2, 0) is 15.7 Å². The second-order valence-electron chi connectivity index (χ2n) is 5.69. The summed E-state index contributed by atoms with van der Waals surface area (Å²) in [6, 6.07) is 11.7. The highest BCUT2D eigenvalue weighted by atomic mass is 19.4. The number of hydrogen-bond donors (Lipinski definition) is 0. The Bertz CT molecular complexity index is 809. The van der Waals surface area contributed by atoms with Crippen LogP contribution < -0.4 is 4.74 Å². The van der Waals surface area contributed by atoms with Gasteiger partial charge in [0, 0.05) is 11.1 Å². The molecule has 2 aromatic carbocycles. The van der Waals surface area contributed by atoms with E-state index in [1.54, 1.807) is 24.3 Å². The van der Waals surface area contributed by atoms with Gasteiger partial charge in [-0.05, 0) is 23.8 Å². The van der Waals surface area contributed by atoms with Crippen molar-refractivity contribution in [3.63, 3.8) is 0 Å². The Morgan fingerprint density at radius 2 is 1.72 bits per heavy atom. The molecule has 1 heterocycles. The minimum Gasteiger partial charge on any atom is -0.496 e. The number of methoxy groups -OCH3 is 1. The summed E-state index contributed by atoms with van der Waals surface area (Å²) in [6.07, 6.45) is -5.12. The number of hydrogen-bond acceptors (Lipinski definition) is 3. The predicted octanol–water partition coefficient (Wildman–Crippen LogP) is 4.65. The van der Waals surface area contributed by atoms with E-state index in [-0.39, 0.29) is 5.57 Å². The van der Waals surface area contributed by atoms with Gasteiger partial charge in [0.15, 0.2) is 0 Å². The summed E-state index contributed by atoms with van der Waals surface area (Å²) in [5.41, 5.74) is 0.623. The third-order valence-corrected chi connectivity index (χ3v) is 4.22. The van der Waals surface area contributed by atoms with E-state index in [1.165, 1.54) is 19.2 Å². The number of para-hydroxylation sites is 1. The molecule has 6 heteroatoms. The van der Waals surface area contributed by atoms with Crippen molar-refractivity contribution in [3.05, 3.63) is 77.4 Å². The highest BCUT2D eigenvalue weighted by Crippen LogP contribution is 2.47. The highest BCUT2D eigenvalue weighted by Gasteiger charge is 2.42. The molecular weight excluding hydrogens is 333 g/mol. The molecule has 25 heavy (non-hydrogen) atoms. The van der Waals surface area contributed by atoms with E-state index in [4.69, 9.17) is 9.47 Å². The molecule has 1 aliphatic heterocycles. The molecule has 3 nitrogen and oxygen atoms in total. The maximum Gasteiger partial charge on any atom is 0.416 e. The van der Waals surface area contributed by atoms with Gasteiger partial charge in [-0.3, -0.25) is 0 Å². The molecule has 2 aromatic rings. The lowest BCUT2D eigenvalue weighted by Crippen LogP contribution is -2.10. The Morgan fingerprint density at radius 1 is 1.08 bits per heavy atom. The minimum absolute atomic E-state index is 0.204. The average Bonchev–Trinajstić information content (AvgIpc) is 2.89. The Morgan fingerprint density at radius 3 is 2.32 bits per heavy atom. The van der Waals surface area contributed by atoms with E-state index in [0.29, 0.717) is 16.9 Å². The van der Waals surface area contributed by atoms with Crippen molar-refractivity contribution in [1.29, 1.82) is 0 Å². The largest absolute Gasteiger partial charge is 0.496 e. The first-order valence-corrected chi connectivity index (χ1v) is 7.52. The van der Waals surface area contributed by atoms with Gasteiger partial charge in [0.1, 0.15) is 11.9 Å². The molecular formula is C19H15F3O3. The smallest absolute Gasteiger partial charge is 0.416 e. The third kappa shape index (κ3) is 3.12. The van der Waals surface area contributed by atoms with Gasteiger partial charge in [-0.25, -0.2) is 4.79 Å². The van der Waals surface area contributed by atoms with E-state index >= 15 is 0 Å². The van der Waals surface area contributed by atoms with Gasteiger partial charge in [-0.15, -0.1) is 0 Å². The SMILES string of the molecule is C=C1C(=O)O[C@H](c2ccccc2OC)[C@@H]1c1ccc(C(F)(F)F)cc1. The van der Waals surface area contributed by atoms with E-state index in [1.807, 2.05) is 0 Å². The number of rotatable bonds is 3. The number of esters is 1. The second kappa shape index (κ2) is 6.27. The lowest BCUT2D eigenvalue weighted by Gasteiger charge is -2.21. The molecule has 0 aliphatic carbocycles. The summed E-state index contributed by atoms with van der Waals surface area (Å²) in [5, 5.41) is 0. The Balaban J connectivity index is 2.02. The zero-order valence-corrected chi connectivity index (χ0v) is 13.3. The summed E-state index contributed by atoms with van der Waals surface area (Å²) in [5.74, 6) is -0.612. The molecule has 0 saturated carbocycles. The van der Waals surface area contributed by atoms with Gasteiger partial charge in [0.25, 0.3) is 0 Å². The quantitative estimate of drug-likeness (QED) is 0.598. The Hall–Kier alpha value is -2.76. The van der Waals surface area contributed by atoms with E-state index < -0.39 is 29.7 Å². The van der Waals surface area contributed by atoms with Crippen LogP contribution in [-0.4, -0.2) is 13.1 Å². The predicted molar refractivity (Wildman–Crippen MR) is 85.2 cm³/mol. The number of benzene rings is 2. The first kappa shape index (κ1) is 17.1. The molecule has 1 aliphatic rings. The normalized spacial score (nSPS) is 20.5. The fourth-order valence-corrected chi connectivity index (χ4v) is 2.97. The van der Waals surface area contributed by atoms with Gasteiger partial charge >= 0.3 is 12.1 Å². The van der Waals surface area contributed by atoms with E-state index in [9.17, 15) is 18.0 Å². The number of carbonyl (C=O) groups excluding carboxylic acids is 1. The van der Waals surface area contributed by atoms with Gasteiger partial charge in [-0.2, -0.15) is 13.2 Å². The van der Waals surface area contributed by atoms with E-state index in [2.05, 4.69) is 6.58 Å². The second-order valence-corrected chi connectivity index (χ2v) is 5.69. The minimum atomic E-state index is -4.42. The van der Waals surface area contributed by atoms with E-state index in [0.717, 1.165) is 12.1 Å². The summed E-state index contributed by atoms with van der Waals surface area (Å²) < 4.78 is 49.0. The first-order valence-electron chi connectivity index (χ1n) is 7.52. The Labute approximate surface area is 142 Å². The van der Waals surface area contributed by atoms with Crippen molar-refractivity contribution in [2.75, 3.05) is 7.11 Å². The summed E-state index contributed by atoms with van der Waals surface area (Å²) in [7, 11) is 1.50. The average molecular weight is 348 g/mol. The number of cyclic esters (lactones) is 1. The van der Waals surface area contributed by atoms with Crippen molar-refractivity contribution in [2.45, 2.75) is 18.2 Å². The number of carbonyl (C=O) groups is 1. The molecule has 0 amide bonds. The third-order valence-electron chi connectivity index (χ3n) is 4.22. The van der Waals surface area contributed by atoms with Gasteiger partial charge in [0.05, 0.1) is 18.6 Å². The maximum absolute atomic E-state index is 12.8. The van der Waals surface area contributed by atoms with Crippen molar-refractivity contribution < 1.29 is 27.4 Å². The molecule has 130 valence electrons. The number of halogens is 3. The van der Waals surface area contributed by atoms with Crippen molar-refractivity contribution >= 4 is 5.97 Å². The molecule has 3 rings (SSSR count). The maximum atomic E-state index is 12.8. The van der Waals surface area contributed by atoms with Crippen LogP contribution in [0.1, 0.15) is 28.7 Å². The molecule has 0 aromatic heterocycles. The zero-order chi connectivity index (χ0) is 18.2. The Kier molecular flexibility index (Phi) is 4.29. The molecule has 0 unspecified atom stereocenters. The van der Waals surface area contributed by atoms with Crippen LogP contribution in [0.25, 0.3) is 0 Å². The van der Waals surface area contributed by atoms with Gasteiger partial charge in [-0.1, -0.05) is 36.9 Å². The van der Waals surface area contributed by atoms with Gasteiger partial charge < -0.3 is 9.47 Å². The summed E-state index contributed by atoms with van der Waals surface area (Å²) in [4.78, 5) is 12.0. The fraction of sp³-hybridized carbons (Fsp3) is 0.211. The van der Waals surface area contributed by atoms with Crippen LogP contribution >= 0.6 is 0 Å². The van der Waals surface area contributed by atoms with Crippen molar-refractivity contribution in [2.24, 2.45) is 0 Å². The number of alkyl halides is 3. The number of ether oxygens (including phenoxy) is 2. The lowest BCUT2D eigenvalue weighted by atomic mass is 9.85. The van der Waals surface area contributed by atoms with Crippen LogP contribution in [0, 0.1) is 0 Å². The molecule has 0 N–H and O–H groups in total. The molecule has 0 bridgehead atoms. The molecule has 0 radical (unpaired) electrons. The van der Waals surface area contributed by atoms with Crippen LogP contribution in [0.3, 0.4) is 0 Å². The molecule has 1 saturated heterocycles.